The second kappa shape index (κ2) is 7.05. The normalized spacial score (nSPS) is 16.7. The third-order valence-corrected chi connectivity index (χ3v) is 3.84. The standard InChI is InChI=1S/C11H17IN4O2/c12-9-10(14-8-15-11(9)17)13-2-1-3-16-4-6-18-7-5-16/h8H,1-7H2,(H2,13,14,15,17). The zero-order valence-electron chi connectivity index (χ0n) is 10.1. The van der Waals surface area contributed by atoms with Crippen molar-refractivity contribution in [2.24, 2.45) is 0 Å². The van der Waals surface area contributed by atoms with Gasteiger partial charge in [0.05, 0.1) is 19.5 Å². The molecule has 0 atom stereocenters. The summed E-state index contributed by atoms with van der Waals surface area (Å²) >= 11 is 2.00. The molecule has 0 radical (unpaired) electrons. The summed E-state index contributed by atoms with van der Waals surface area (Å²) in [6.07, 6.45) is 2.46. The number of H-pyrrole nitrogens is 1. The number of aromatic amines is 1. The number of nitrogens with zero attached hydrogens (tertiary/aromatic N) is 2. The first-order chi connectivity index (χ1) is 8.77. The Hall–Kier alpha value is -0.670. The molecule has 7 heteroatoms. The highest BCUT2D eigenvalue weighted by molar-refractivity contribution is 14.1. The van der Waals surface area contributed by atoms with Gasteiger partial charge in [-0.2, -0.15) is 0 Å². The zero-order chi connectivity index (χ0) is 12.8. The van der Waals surface area contributed by atoms with Gasteiger partial charge in [-0.15, -0.1) is 0 Å². The lowest BCUT2D eigenvalue weighted by molar-refractivity contribution is 0.0378. The second-order valence-corrected chi connectivity index (χ2v) is 5.21. The van der Waals surface area contributed by atoms with E-state index >= 15 is 0 Å². The Balaban J connectivity index is 1.71. The fourth-order valence-electron chi connectivity index (χ4n) is 1.84. The molecule has 1 aliphatic rings. The van der Waals surface area contributed by atoms with Crippen LogP contribution in [0, 0.1) is 3.57 Å². The van der Waals surface area contributed by atoms with Gasteiger partial charge in [0.1, 0.15) is 9.39 Å². The molecule has 0 aromatic carbocycles. The molecule has 1 saturated heterocycles. The predicted octanol–water partition coefficient (Wildman–Crippen LogP) is 0.509. The van der Waals surface area contributed by atoms with Crippen LogP contribution < -0.4 is 10.9 Å². The summed E-state index contributed by atoms with van der Waals surface area (Å²) in [7, 11) is 0. The molecule has 100 valence electrons. The third kappa shape index (κ3) is 3.92. The molecule has 2 heterocycles. The second-order valence-electron chi connectivity index (χ2n) is 4.13. The topological polar surface area (TPSA) is 70.2 Å². The largest absolute Gasteiger partial charge is 0.379 e. The van der Waals surface area contributed by atoms with E-state index in [2.05, 4.69) is 20.2 Å². The van der Waals surface area contributed by atoms with E-state index in [0.717, 1.165) is 45.8 Å². The molecule has 1 fully saturated rings. The molecule has 2 rings (SSSR count). The Bertz CT molecular complexity index is 431. The minimum Gasteiger partial charge on any atom is -0.379 e. The Morgan fingerprint density at radius 3 is 3.06 bits per heavy atom. The fraction of sp³-hybridized carbons (Fsp3) is 0.636. The highest BCUT2D eigenvalue weighted by Gasteiger charge is 2.09. The quantitative estimate of drug-likeness (QED) is 0.589. The summed E-state index contributed by atoms with van der Waals surface area (Å²) in [5.41, 5.74) is -0.0960. The van der Waals surface area contributed by atoms with Crippen molar-refractivity contribution in [2.75, 3.05) is 44.7 Å². The maximum Gasteiger partial charge on any atom is 0.266 e. The average molecular weight is 364 g/mol. The molecule has 0 saturated carbocycles. The summed E-state index contributed by atoms with van der Waals surface area (Å²) in [6, 6.07) is 0. The molecule has 2 N–H and O–H groups in total. The Morgan fingerprint density at radius 1 is 1.50 bits per heavy atom. The molecule has 0 aliphatic carbocycles. The minimum absolute atomic E-state index is 0.0960. The Morgan fingerprint density at radius 2 is 2.28 bits per heavy atom. The number of hydrogen-bond acceptors (Lipinski definition) is 5. The number of morpholine rings is 1. The van der Waals surface area contributed by atoms with Crippen molar-refractivity contribution < 1.29 is 4.74 Å². The average Bonchev–Trinajstić information content (AvgIpc) is 2.40. The summed E-state index contributed by atoms with van der Waals surface area (Å²) in [6.45, 7) is 5.57. The van der Waals surface area contributed by atoms with E-state index in [1.54, 1.807) is 0 Å². The Labute approximate surface area is 119 Å². The molecular formula is C11H17IN4O2. The van der Waals surface area contributed by atoms with Crippen molar-refractivity contribution in [1.82, 2.24) is 14.9 Å². The van der Waals surface area contributed by atoms with Crippen molar-refractivity contribution >= 4 is 28.4 Å². The van der Waals surface area contributed by atoms with Gasteiger partial charge in [0.25, 0.3) is 5.56 Å². The first-order valence-electron chi connectivity index (χ1n) is 6.04. The maximum atomic E-state index is 11.4. The van der Waals surface area contributed by atoms with E-state index in [1.807, 2.05) is 22.6 Å². The molecule has 0 spiro atoms. The first kappa shape index (κ1) is 13.8. The first-order valence-corrected chi connectivity index (χ1v) is 7.12. The number of ether oxygens (including phenoxy) is 1. The van der Waals surface area contributed by atoms with E-state index in [-0.39, 0.29) is 5.56 Å². The van der Waals surface area contributed by atoms with Crippen molar-refractivity contribution in [3.63, 3.8) is 0 Å². The molecular weight excluding hydrogens is 347 g/mol. The van der Waals surface area contributed by atoms with E-state index in [4.69, 9.17) is 4.74 Å². The van der Waals surface area contributed by atoms with Gasteiger partial charge in [-0.1, -0.05) is 0 Å². The van der Waals surface area contributed by atoms with E-state index in [1.165, 1.54) is 6.33 Å². The van der Waals surface area contributed by atoms with E-state index in [0.29, 0.717) is 9.39 Å². The van der Waals surface area contributed by atoms with Gasteiger partial charge < -0.3 is 15.0 Å². The van der Waals surface area contributed by atoms with Crippen molar-refractivity contribution in [2.45, 2.75) is 6.42 Å². The number of hydrogen-bond donors (Lipinski definition) is 2. The lowest BCUT2D eigenvalue weighted by atomic mass is 10.3. The molecule has 0 bridgehead atoms. The highest BCUT2D eigenvalue weighted by Crippen LogP contribution is 2.08. The van der Waals surface area contributed by atoms with E-state index < -0.39 is 0 Å². The number of nitrogens with one attached hydrogen (secondary N) is 2. The van der Waals surface area contributed by atoms with Gasteiger partial charge in [0.15, 0.2) is 0 Å². The maximum absolute atomic E-state index is 11.4. The third-order valence-electron chi connectivity index (χ3n) is 2.84. The van der Waals surface area contributed by atoms with Crippen LogP contribution in [-0.2, 0) is 4.74 Å². The number of aromatic nitrogens is 2. The van der Waals surface area contributed by atoms with Crippen molar-refractivity contribution in [3.8, 4) is 0 Å². The molecule has 1 aromatic rings. The highest BCUT2D eigenvalue weighted by atomic mass is 127. The lowest BCUT2D eigenvalue weighted by Crippen LogP contribution is -2.37. The van der Waals surface area contributed by atoms with Gasteiger partial charge in [-0.25, -0.2) is 4.98 Å². The minimum atomic E-state index is -0.0960. The summed E-state index contributed by atoms with van der Waals surface area (Å²) in [4.78, 5) is 20.4. The lowest BCUT2D eigenvalue weighted by Gasteiger charge is -2.26. The van der Waals surface area contributed by atoms with Gasteiger partial charge in [0, 0.05) is 19.6 Å². The van der Waals surface area contributed by atoms with Crippen molar-refractivity contribution in [3.05, 3.63) is 20.3 Å². The van der Waals surface area contributed by atoms with Crippen LogP contribution in [-0.4, -0.2) is 54.3 Å². The van der Waals surface area contributed by atoms with Crippen LogP contribution in [0.4, 0.5) is 5.82 Å². The number of halogens is 1. The SMILES string of the molecule is O=c1[nH]cnc(NCCCN2CCOCC2)c1I. The van der Waals surface area contributed by atoms with Crippen LogP contribution in [0.25, 0.3) is 0 Å². The van der Waals surface area contributed by atoms with Crippen LogP contribution in [0.2, 0.25) is 0 Å². The summed E-state index contributed by atoms with van der Waals surface area (Å²) in [5.74, 6) is 0.668. The smallest absolute Gasteiger partial charge is 0.266 e. The summed E-state index contributed by atoms with van der Waals surface area (Å²) < 4.78 is 5.91. The van der Waals surface area contributed by atoms with Crippen LogP contribution >= 0.6 is 22.6 Å². The van der Waals surface area contributed by atoms with Gasteiger partial charge in [-0.05, 0) is 35.6 Å². The molecule has 0 unspecified atom stereocenters. The predicted molar refractivity (Wildman–Crippen MR) is 77.9 cm³/mol. The van der Waals surface area contributed by atoms with E-state index in [9.17, 15) is 4.79 Å². The van der Waals surface area contributed by atoms with Gasteiger partial charge in [-0.3, -0.25) is 9.69 Å². The zero-order valence-corrected chi connectivity index (χ0v) is 12.3. The van der Waals surface area contributed by atoms with Crippen LogP contribution in [0.15, 0.2) is 11.1 Å². The molecule has 6 nitrogen and oxygen atoms in total. The number of anilines is 1. The molecule has 1 aromatic heterocycles. The fourth-order valence-corrected chi connectivity index (χ4v) is 2.33. The monoisotopic (exact) mass is 364 g/mol. The van der Waals surface area contributed by atoms with Gasteiger partial charge >= 0.3 is 0 Å². The summed E-state index contributed by atoms with van der Waals surface area (Å²) in [5, 5.41) is 3.20. The van der Waals surface area contributed by atoms with Gasteiger partial charge in [0.2, 0.25) is 0 Å². The molecule has 0 amide bonds. The van der Waals surface area contributed by atoms with Crippen LogP contribution in [0.3, 0.4) is 0 Å². The van der Waals surface area contributed by atoms with Crippen molar-refractivity contribution in [1.29, 1.82) is 0 Å². The van der Waals surface area contributed by atoms with Crippen LogP contribution in [0.5, 0.6) is 0 Å². The molecule has 18 heavy (non-hydrogen) atoms. The Kier molecular flexibility index (Phi) is 5.39. The number of rotatable bonds is 5. The van der Waals surface area contributed by atoms with Crippen LogP contribution in [0.1, 0.15) is 6.42 Å². The molecule has 1 aliphatic heterocycles.